The summed E-state index contributed by atoms with van der Waals surface area (Å²) < 4.78 is 0. The number of para-hydroxylation sites is 1. The van der Waals surface area contributed by atoms with Gasteiger partial charge in [-0.05, 0) is 37.3 Å². The lowest BCUT2D eigenvalue weighted by molar-refractivity contribution is -0.151. The molecule has 1 aromatic carbocycles. The monoisotopic (exact) mass is 326 g/mol. The molecule has 3 fully saturated rings. The molecule has 4 nitrogen and oxygen atoms in total. The molecular formula is C20H26N2O2. The quantitative estimate of drug-likeness (QED) is 0.785. The summed E-state index contributed by atoms with van der Waals surface area (Å²) >= 11 is 0. The van der Waals surface area contributed by atoms with Gasteiger partial charge in [0.2, 0.25) is 5.91 Å². The van der Waals surface area contributed by atoms with Crippen LogP contribution in [0.3, 0.4) is 0 Å². The Hall–Kier alpha value is -1.84. The van der Waals surface area contributed by atoms with Gasteiger partial charge in [0.25, 0.3) is 0 Å². The van der Waals surface area contributed by atoms with Crippen molar-refractivity contribution in [2.45, 2.75) is 33.1 Å². The molecule has 1 aliphatic heterocycles. The lowest BCUT2D eigenvalue weighted by Crippen LogP contribution is -2.55. The van der Waals surface area contributed by atoms with E-state index in [9.17, 15) is 9.59 Å². The van der Waals surface area contributed by atoms with Gasteiger partial charge in [0.1, 0.15) is 5.41 Å². The topological polar surface area (TPSA) is 40.6 Å². The van der Waals surface area contributed by atoms with Gasteiger partial charge in [0, 0.05) is 37.3 Å². The standard InChI is InChI=1S/C20H26N2O2/c1-19(2)15-8-9-20(14-15,17(19)23)18(24)22-12-10-21(11-13-22)16-6-4-3-5-7-16/h3-7,15H,8-14H2,1-2H3. The molecule has 1 saturated heterocycles. The molecule has 3 aliphatic rings. The molecule has 128 valence electrons. The number of carbonyl (C=O) groups is 2. The van der Waals surface area contributed by atoms with E-state index >= 15 is 0 Å². The van der Waals surface area contributed by atoms with Gasteiger partial charge in [-0.3, -0.25) is 9.59 Å². The summed E-state index contributed by atoms with van der Waals surface area (Å²) in [6, 6.07) is 10.3. The van der Waals surface area contributed by atoms with E-state index in [0.717, 1.165) is 32.4 Å². The van der Waals surface area contributed by atoms with Gasteiger partial charge in [-0.1, -0.05) is 32.0 Å². The van der Waals surface area contributed by atoms with Crippen molar-refractivity contribution in [1.82, 2.24) is 4.90 Å². The molecular weight excluding hydrogens is 300 g/mol. The minimum atomic E-state index is -0.705. The predicted molar refractivity (Wildman–Crippen MR) is 93.8 cm³/mol. The van der Waals surface area contributed by atoms with Crippen molar-refractivity contribution in [3.63, 3.8) is 0 Å². The van der Waals surface area contributed by atoms with E-state index in [1.807, 2.05) is 36.9 Å². The number of ketones is 1. The van der Waals surface area contributed by atoms with E-state index in [-0.39, 0.29) is 17.1 Å². The zero-order valence-electron chi connectivity index (χ0n) is 14.6. The van der Waals surface area contributed by atoms with Crippen molar-refractivity contribution >= 4 is 17.4 Å². The van der Waals surface area contributed by atoms with Crippen molar-refractivity contribution in [2.75, 3.05) is 31.1 Å². The fourth-order valence-corrected chi connectivity index (χ4v) is 5.07. The molecule has 24 heavy (non-hydrogen) atoms. The molecule has 2 unspecified atom stereocenters. The third-order valence-electron chi connectivity index (χ3n) is 6.65. The number of nitrogens with zero attached hydrogens (tertiary/aromatic N) is 2. The highest BCUT2D eigenvalue weighted by Gasteiger charge is 2.65. The van der Waals surface area contributed by atoms with Crippen molar-refractivity contribution in [3.05, 3.63) is 30.3 Å². The Balaban J connectivity index is 1.47. The maximum Gasteiger partial charge on any atom is 0.236 e. The fraction of sp³-hybridized carbons (Fsp3) is 0.600. The van der Waals surface area contributed by atoms with E-state index in [4.69, 9.17) is 0 Å². The Morgan fingerprint density at radius 1 is 1.08 bits per heavy atom. The lowest BCUT2D eigenvalue weighted by Gasteiger charge is -2.40. The van der Waals surface area contributed by atoms with Gasteiger partial charge >= 0.3 is 0 Å². The smallest absolute Gasteiger partial charge is 0.236 e. The number of rotatable bonds is 2. The summed E-state index contributed by atoms with van der Waals surface area (Å²) in [4.78, 5) is 30.4. The molecule has 2 bridgehead atoms. The minimum absolute atomic E-state index is 0.105. The number of hydrogen-bond donors (Lipinski definition) is 0. The zero-order chi connectivity index (χ0) is 16.9. The highest BCUT2D eigenvalue weighted by atomic mass is 16.2. The SMILES string of the molecule is CC1(C)C(=O)C2(C(=O)N3CCN(c4ccccc4)CC3)CCC1C2. The second kappa shape index (κ2) is 5.33. The summed E-state index contributed by atoms with van der Waals surface area (Å²) in [5, 5.41) is 0. The zero-order valence-corrected chi connectivity index (χ0v) is 14.6. The summed E-state index contributed by atoms with van der Waals surface area (Å²) in [6.45, 7) is 7.17. The number of fused-ring (bicyclic) bond motifs is 2. The van der Waals surface area contributed by atoms with Crippen LogP contribution < -0.4 is 4.90 Å². The van der Waals surface area contributed by atoms with Crippen molar-refractivity contribution in [1.29, 1.82) is 0 Å². The number of carbonyl (C=O) groups excluding carboxylic acids is 2. The Bertz CT molecular complexity index is 661. The van der Waals surface area contributed by atoms with E-state index in [0.29, 0.717) is 19.0 Å². The highest BCUT2D eigenvalue weighted by molar-refractivity contribution is 6.10. The van der Waals surface area contributed by atoms with Crippen LogP contribution in [0, 0.1) is 16.7 Å². The maximum atomic E-state index is 13.2. The number of benzene rings is 1. The summed E-state index contributed by atoms with van der Waals surface area (Å²) in [7, 11) is 0. The third-order valence-corrected chi connectivity index (χ3v) is 6.65. The second-order valence-corrected chi connectivity index (χ2v) is 8.19. The van der Waals surface area contributed by atoms with E-state index < -0.39 is 5.41 Å². The first-order chi connectivity index (χ1) is 11.4. The Labute approximate surface area is 143 Å². The Morgan fingerprint density at radius 2 is 1.75 bits per heavy atom. The van der Waals surface area contributed by atoms with Crippen LogP contribution in [-0.2, 0) is 9.59 Å². The molecule has 0 spiro atoms. The van der Waals surface area contributed by atoms with E-state index in [2.05, 4.69) is 17.0 Å². The molecule has 0 aromatic heterocycles. The first-order valence-electron chi connectivity index (χ1n) is 9.09. The minimum Gasteiger partial charge on any atom is -0.368 e. The van der Waals surface area contributed by atoms with Crippen LogP contribution >= 0.6 is 0 Å². The molecule has 2 aliphatic carbocycles. The van der Waals surface area contributed by atoms with Gasteiger partial charge in [0.15, 0.2) is 5.78 Å². The highest BCUT2D eigenvalue weighted by Crippen LogP contribution is 2.60. The summed E-state index contributed by atoms with van der Waals surface area (Å²) in [5.74, 6) is 0.689. The lowest BCUT2D eigenvalue weighted by atomic mass is 9.70. The van der Waals surface area contributed by atoms with Crippen LogP contribution in [0.4, 0.5) is 5.69 Å². The summed E-state index contributed by atoms with van der Waals surface area (Å²) in [5.41, 5.74) is 0.185. The van der Waals surface area contributed by atoms with Crippen molar-refractivity contribution in [2.24, 2.45) is 16.7 Å². The van der Waals surface area contributed by atoms with Crippen LogP contribution in [0.15, 0.2) is 30.3 Å². The molecule has 0 radical (unpaired) electrons. The number of hydrogen-bond acceptors (Lipinski definition) is 3. The molecule has 1 amide bonds. The number of Topliss-reactive ketones (excluding diaryl/α,β-unsaturated/α-hetero) is 1. The van der Waals surface area contributed by atoms with Gasteiger partial charge in [0.05, 0.1) is 0 Å². The number of amides is 1. The van der Waals surface area contributed by atoms with Crippen LogP contribution in [0.5, 0.6) is 0 Å². The van der Waals surface area contributed by atoms with Gasteiger partial charge in [-0.15, -0.1) is 0 Å². The predicted octanol–water partition coefficient (Wildman–Crippen LogP) is 2.73. The Kier molecular flexibility index (Phi) is 3.48. The second-order valence-electron chi connectivity index (χ2n) is 8.19. The number of piperazine rings is 1. The Morgan fingerprint density at radius 3 is 2.33 bits per heavy atom. The van der Waals surface area contributed by atoms with Crippen LogP contribution in [0.2, 0.25) is 0 Å². The average molecular weight is 326 g/mol. The molecule has 2 saturated carbocycles. The van der Waals surface area contributed by atoms with Crippen LogP contribution in [0.25, 0.3) is 0 Å². The van der Waals surface area contributed by atoms with E-state index in [1.165, 1.54) is 5.69 Å². The molecule has 4 rings (SSSR count). The summed E-state index contributed by atoms with van der Waals surface area (Å²) in [6.07, 6.45) is 2.56. The molecule has 0 N–H and O–H groups in total. The largest absolute Gasteiger partial charge is 0.368 e. The maximum absolute atomic E-state index is 13.2. The van der Waals surface area contributed by atoms with Gasteiger partial charge < -0.3 is 9.80 Å². The van der Waals surface area contributed by atoms with Gasteiger partial charge in [-0.2, -0.15) is 0 Å². The normalized spacial score (nSPS) is 31.6. The molecule has 1 aromatic rings. The third kappa shape index (κ3) is 2.11. The van der Waals surface area contributed by atoms with Gasteiger partial charge in [-0.25, -0.2) is 0 Å². The average Bonchev–Trinajstić information content (AvgIpc) is 3.14. The first-order valence-corrected chi connectivity index (χ1v) is 9.09. The number of anilines is 1. The fourth-order valence-electron chi connectivity index (χ4n) is 5.07. The molecule has 4 heteroatoms. The molecule has 2 atom stereocenters. The van der Waals surface area contributed by atoms with E-state index in [1.54, 1.807) is 0 Å². The molecule has 1 heterocycles. The van der Waals surface area contributed by atoms with Crippen LogP contribution in [-0.4, -0.2) is 42.8 Å². The first kappa shape index (κ1) is 15.7. The van der Waals surface area contributed by atoms with Crippen molar-refractivity contribution in [3.8, 4) is 0 Å². The van der Waals surface area contributed by atoms with Crippen LogP contribution in [0.1, 0.15) is 33.1 Å². The van der Waals surface area contributed by atoms with Crippen molar-refractivity contribution < 1.29 is 9.59 Å².